The number of nitrogens with one attached hydrogen (secondary N) is 1. The normalized spacial score (nSPS) is 10.8. The Morgan fingerprint density at radius 1 is 1.29 bits per heavy atom. The van der Waals surface area contributed by atoms with Crippen molar-refractivity contribution in [2.45, 2.75) is 0 Å². The van der Waals surface area contributed by atoms with E-state index in [1.54, 1.807) is 30.3 Å². The van der Waals surface area contributed by atoms with Gasteiger partial charge in [0.25, 0.3) is 5.56 Å². The number of fused-ring (bicyclic) bond motifs is 1. The molecule has 2 aromatic carbocycles. The summed E-state index contributed by atoms with van der Waals surface area (Å²) in [5.74, 6) is 0.854. The van der Waals surface area contributed by atoms with Crippen LogP contribution in [-0.2, 0) is 0 Å². The number of phenolic OH excluding ortho intramolecular Hbond substituents is 1. The van der Waals surface area contributed by atoms with E-state index in [-0.39, 0.29) is 11.3 Å². The summed E-state index contributed by atoms with van der Waals surface area (Å²) in [7, 11) is 1.48. The molecule has 0 aliphatic rings. The molecule has 0 saturated heterocycles. The molecule has 0 bridgehead atoms. The maximum Gasteiger partial charge on any atom is 0.259 e. The summed E-state index contributed by atoms with van der Waals surface area (Å²) in [4.78, 5) is 19.3. The van der Waals surface area contributed by atoms with Gasteiger partial charge in [0.2, 0.25) is 0 Å². The van der Waals surface area contributed by atoms with E-state index in [1.807, 2.05) is 28.7 Å². The number of aromatic hydroxyl groups is 1. The van der Waals surface area contributed by atoms with E-state index in [4.69, 9.17) is 4.74 Å². The van der Waals surface area contributed by atoms with Gasteiger partial charge < -0.3 is 14.8 Å². The van der Waals surface area contributed by atoms with Crippen molar-refractivity contribution >= 4 is 33.5 Å². The second-order valence-electron chi connectivity index (χ2n) is 4.44. The molecule has 106 valence electrons. The quantitative estimate of drug-likeness (QED) is 0.656. The van der Waals surface area contributed by atoms with Crippen LogP contribution in [-0.4, -0.2) is 22.2 Å². The number of aromatic nitrogens is 2. The highest BCUT2D eigenvalue weighted by atomic mass is 127. The zero-order valence-corrected chi connectivity index (χ0v) is 13.2. The summed E-state index contributed by atoms with van der Waals surface area (Å²) in [5.41, 5.74) is 1.10. The van der Waals surface area contributed by atoms with Gasteiger partial charge in [0.1, 0.15) is 5.82 Å². The highest BCUT2D eigenvalue weighted by molar-refractivity contribution is 14.1. The minimum Gasteiger partial charge on any atom is -0.504 e. The van der Waals surface area contributed by atoms with Gasteiger partial charge in [-0.25, -0.2) is 4.98 Å². The van der Waals surface area contributed by atoms with Gasteiger partial charge in [0.05, 0.1) is 21.6 Å². The number of phenols is 1. The molecule has 3 rings (SSSR count). The molecule has 0 amide bonds. The number of hydrogen-bond acceptors (Lipinski definition) is 4. The van der Waals surface area contributed by atoms with E-state index < -0.39 is 0 Å². The Hall–Kier alpha value is -2.09. The van der Waals surface area contributed by atoms with Gasteiger partial charge in [-0.05, 0) is 46.9 Å². The van der Waals surface area contributed by atoms with Gasteiger partial charge in [-0.15, -0.1) is 0 Å². The largest absolute Gasteiger partial charge is 0.504 e. The Kier molecular flexibility index (Phi) is 3.54. The van der Waals surface area contributed by atoms with Crippen molar-refractivity contribution < 1.29 is 9.84 Å². The fourth-order valence-corrected chi connectivity index (χ4v) is 2.69. The molecule has 0 aliphatic carbocycles. The van der Waals surface area contributed by atoms with Crippen molar-refractivity contribution in [3.63, 3.8) is 0 Å². The van der Waals surface area contributed by atoms with Crippen LogP contribution < -0.4 is 10.3 Å². The Bertz CT molecular complexity index is 890. The number of H-pyrrole nitrogens is 1. The number of rotatable bonds is 2. The van der Waals surface area contributed by atoms with Crippen LogP contribution in [0.3, 0.4) is 0 Å². The molecule has 2 N–H and O–H groups in total. The van der Waals surface area contributed by atoms with Gasteiger partial charge in [-0.3, -0.25) is 4.79 Å². The van der Waals surface area contributed by atoms with Crippen LogP contribution in [0.5, 0.6) is 11.5 Å². The zero-order valence-electron chi connectivity index (χ0n) is 11.1. The van der Waals surface area contributed by atoms with E-state index in [9.17, 15) is 9.90 Å². The second kappa shape index (κ2) is 5.36. The summed E-state index contributed by atoms with van der Waals surface area (Å²) in [5, 5.41) is 10.4. The lowest BCUT2D eigenvalue weighted by atomic mass is 10.1. The van der Waals surface area contributed by atoms with Crippen LogP contribution in [0, 0.1) is 3.57 Å². The van der Waals surface area contributed by atoms with Crippen LogP contribution in [0.1, 0.15) is 0 Å². The molecule has 1 heterocycles. The molecule has 0 fully saturated rings. The van der Waals surface area contributed by atoms with Crippen LogP contribution in [0.25, 0.3) is 22.3 Å². The van der Waals surface area contributed by atoms with E-state index in [0.717, 1.165) is 0 Å². The molecule has 0 atom stereocenters. The van der Waals surface area contributed by atoms with Crippen molar-refractivity contribution in [3.8, 4) is 22.9 Å². The van der Waals surface area contributed by atoms with Crippen LogP contribution in [0.2, 0.25) is 0 Å². The minimum atomic E-state index is -0.197. The van der Waals surface area contributed by atoms with Crippen molar-refractivity contribution in [1.29, 1.82) is 0 Å². The summed E-state index contributed by atoms with van der Waals surface area (Å²) >= 11 is 2.00. The third-order valence-corrected chi connectivity index (χ3v) is 3.96. The first kappa shape index (κ1) is 13.9. The number of para-hydroxylation sites is 1. The molecule has 0 saturated carbocycles. The molecule has 0 unspecified atom stereocenters. The number of methoxy groups -OCH3 is 1. The monoisotopic (exact) mass is 394 g/mol. The van der Waals surface area contributed by atoms with Gasteiger partial charge in [-0.1, -0.05) is 12.1 Å². The Balaban J connectivity index is 2.26. The van der Waals surface area contributed by atoms with Crippen molar-refractivity contribution in [2.24, 2.45) is 0 Å². The molecular weight excluding hydrogens is 383 g/mol. The van der Waals surface area contributed by atoms with E-state index in [1.165, 1.54) is 7.11 Å². The number of aromatic amines is 1. The molecule has 21 heavy (non-hydrogen) atoms. The van der Waals surface area contributed by atoms with Crippen molar-refractivity contribution in [3.05, 3.63) is 50.3 Å². The number of benzene rings is 2. The average Bonchev–Trinajstić information content (AvgIpc) is 2.50. The van der Waals surface area contributed by atoms with Crippen molar-refractivity contribution in [2.75, 3.05) is 7.11 Å². The molecule has 0 spiro atoms. The Morgan fingerprint density at radius 3 is 2.81 bits per heavy atom. The number of halogens is 1. The maximum absolute atomic E-state index is 12.1. The molecule has 6 heteroatoms. The lowest BCUT2D eigenvalue weighted by Gasteiger charge is -2.09. The fourth-order valence-electron chi connectivity index (χ4n) is 2.09. The smallest absolute Gasteiger partial charge is 0.259 e. The molecule has 3 aromatic rings. The topological polar surface area (TPSA) is 75.2 Å². The Morgan fingerprint density at radius 2 is 2.05 bits per heavy atom. The molecule has 5 nitrogen and oxygen atoms in total. The lowest BCUT2D eigenvalue weighted by molar-refractivity contribution is 0.372. The first-order chi connectivity index (χ1) is 10.1. The lowest BCUT2D eigenvalue weighted by Crippen LogP contribution is -2.09. The third kappa shape index (κ3) is 2.46. The van der Waals surface area contributed by atoms with Crippen LogP contribution >= 0.6 is 22.6 Å². The highest BCUT2D eigenvalue weighted by Crippen LogP contribution is 2.35. The Labute approximate surface area is 133 Å². The van der Waals surface area contributed by atoms with E-state index in [0.29, 0.717) is 31.6 Å². The molecular formula is C15H11IN2O3. The summed E-state index contributed by atoms with van der Waals surface area (Å²) in [6.07, 6.45) is 0. The first-order valence-corrected chi connectivity index (χ1v) is 7.24. The van der Waals surface area contributed by atoms with E-state index in [2.05, 4.69) is 9.97 Å². The minimum absolute atomic E-state index is 0.0741. The number of hydrogen-bond donors (Lipinski definition) is 2. The predicted molar refractivity (Wildman–Crippen MR) is 88.7 cm³/mol. The molecule has 1 aromatic heterocycles. The number of ether oxygens (including phenoxy) is 1. The zero-order chi connectivity index (χ0) is 15.0. The number of nitrogens with zero attached hydrogens (tertiary/aromatic N) is 1. The predicted octanol–water partition coefficient (Wildman–Crippen LogP) is 2.91. The average molecular weight is 394 g/mol. The summed E-state index contributed by atoms with van der Waals surface area (Å²) < 4.78 is 5.75. The fraction of sp³-hybridized carbons (Fsp3) is 0.0667. The molecule has 0 radical (unpaired) electrons. The maximum atomic E-state index is 12.1. The van der Waals surface area contributed by atoms with Gasteiger partial charge in [0.15, 0.2) is 11.5 Å². The van der Waals surface area contributed by atoms with Gasteiger partial charge in [0, 0.05) is 5.56 Å². The van der Waals surface area contributed by atoms with Gasteiger partial charge >= 0.3 is 0 Å². The van der Waals surface area contributed by atoms with Crippen LogP contribution in [0.4, 0.5) is 0 Å². The SMILES string of the molecule is COc1cc(-c2nc3ccccc3c(=O)[nH]2)cc(I)c1O. The standard InChI is InChI=1S/C15H11IN2O3/c1-21-12-7-8(6-10(16)13(12)19)14-17-11-5-3-2-4-9(11)15(20)18-14/h2-7,19H,1H3,(H,17,18,20). The van der Waals surface area contributed by atoms with Crippen molar-refractivity contribution in [1.82, 2.24) is 9.97 Å². The summed E-state index contributed by atoms with van der Waals surface area (Å²) in [6, 6.07) is 10.5. The van der Waals surface area contributed by atoms with Crippen LogP contribution in [0.15, 0.2) is 41.2 Å². The first-order valence-electron chi connectivity index (χ1n) is 6.16. The van der Waals surface area contributed by atoms with E-state index >= 15 is 0 Å². The highest BCUT2D eigenvalue weighted by Gasteiger charge is 2.12. The second-order valence-corrected chi connectivity index (χ2v) is 5.60. The summed E-state index contributed by atoms with van der Waals surface area (Å²) in [6.45, 7) is 0. The molecule has 0 aliphatic heterocycles. The van der Waals surface area contributed by atoms with Gasteiger partial charge in [-0.2, -0.15) is 0 Å². The third-order valence-electron chi connectivity index (χ3n) is 3.13.